The summed E-state index contributed by atoms with van der Waals surface area (Å²) in [5.74, 6) is 2.08. The fourth-order valence-corrected chi connectivity index (χ4v) is 5.30. The van der Waals surface area contributed by atoms with Gasteiger partial charge in [0.1, 0.15) is 18.2 Å². The molecule has 3 aromatic carbocycles. The van der Waals surface area contributed by atoms with Gasteiger partial charge in [0.2, 0.25) is 0 Å². The van der Waals surface area contributed by atoms with Crippen LogP contribution < -0.4 is 9.64 Å². The first-order valence-electron chi connectivity index (χ1n) is 13.9. The van der Waals surface area contributed by atoms with Crippen LogP contribution in [0, 0.1) is 6.92 Å². The van der Waals surface area contributed by atoms with Crippen LogP contribution in [-0.2, 0) is 5.41 Å². The van der Waals surface area contributed by atoms with E-state index >= 15 is 0 Å². The molecule has 5 aromatic rings. The minimum absolute atomic E-state index is 0.0634. The third-order valence-electron chi connectivity index (χ3n) is 7.69. The number of hydrogen-bond donors (Lipinski definition) is 0. The Morgan fingerprint density at radius 1 is 0.872 bits per heavy atom. The first-order valence-corrected chi connectivity index (χ1v) is 13.9. The van der Waals surface area contributed by atoms with E-state index in [2.05, 4.69) is 110 Å². The van der Waals surface area contributed by atoms with Gasteiger partial charge in [0.15, 0.2) is 5.65 Å². The van der Waals surface area contributed by atoms with Crippen molar-refractivity contribution in [3.05, 3.63) is 90.3 Å². The summed E-state index contributed by atoms with van der Waals surface area (Å²) in [6, 6.07) is 25.5. The highest BCUT2D eigenvalue weighted by Gasteiger charge is 2.25. The van der Waals surface area contributed by atoms with Crippen molar-refractivity contribution in [1.82, 2.24) is 19.5 Å². The number of benzene rings is 3. The van der Waals surface area contributed by atoms with Crippen molar-refractivity contribution in [2.45, 2.75) is 33.1 Å². The van der Waals surface area contributed by atoms with Crippen molar-refractivity contribution in [2.24, 2.45) is 0 Å². The molecule has 1 aliphatic heterocycles. The van der Waals surface area contributed by atoms with Crippen LogP contribution in [0.3, 0.4) is 0 Å². The van der Waals surface area contributed by atoms with Crippen LogP contribution in [0.2, 0.25) is 0 Å². The Balaban J connectivity index is 1.18. The average molecular weight is 520 g/mol. The topological polar surface area (TPSA) is 45.9 Å². The average Bonchev–Trinajstić information content (AvgIpc) is 3.37. The zero-order valence-electron chi connectivity index (χ0n) is 23.4. The van der Waals surface area contributed by atoms with Gasteiger partial charge in [0.25, 0.3) is 0 Å². The van der Waals surface area contributed by atoms with E-state index in [1.54, 1.807) is 0 Å². The summed E-state index contributed by atoms with van der Waals surface area (Å²) in [5.41, 5.74) is 5.42. The smallest absolute Gasteiger partial charge is 0.165 e. The van der Waals surface area contributed by atoms with E-state index in [0.717, 1.165) is 66.8 Å². The van der Waals surface area contributed by atoms with Crippen molar-refractivity contribution in [2.75, 3.05) is 44.2 Å². The minimum Gasteiger partial charge on any atom is -0.492 e. The van der Waals surface area contributed by atoms with Crippen molar-refractivity contribution in [3.8, 4) is 16.9 Å². The second-order valence-electron chi connectivity index (χ2n) is 11.6. The molecule has 39 heavy (non-hydrogen) atoms. The monoisotopic (exact) mass is 519 g/mol. The Hall–Kier alpha value is -3.90. The van der Waals surface area contributed by atoms with Crippen LogP contribution in [0.4, 0.5) is 5.82 Å². The van der Waals surface area contributed by atoms with Gasteiger partial charge in [0, 0.05) is 55.2 Å². The molecule has 3 heterocycles. The molecule has 0 radical (unpaired) electrons. The van der Waals surface area contributed by atoms with E-state index in [-0.39, 0.29) is 5.41 Å². The third kappa shape index (κ3) is 5.21. The van der Waals surface area contributed by atoms with Crippen LogP contribution in [0.5, 0.6) is 5.75 Å². The number of ether oxygens (including phenoxy) is 1. The predicted molar refractivity (Wildman–Crippen MR) is 160 cm³/mol. The van der Waals surface area contributed by atoms with E-state index in [1.165, 1.54) is 16.3 Å². The number of fused-ring (bicyclic) bond motifs is 2. The Labute approximate surface area is 230 Å². The Morgan fingerprint density at radius 3 is 2.38 bits per heavy atom. The molecule has 0 amide bonds. The Kier molecular flexibility index (Phi) is 6.73. The van der Waals surface area contributed by atoms with Gasteiger partial charge in [-0.2, -0.15) is 9.61 Å². The Morgan fingerprint density at radius 2 is 1.62 bits per heavy atom. The van der Waals surface area contributed by atoms with Gasteiger partial charge in [-0.05, 0) is 23.9 Å². The first-order chi connectivity index (χ1) is 18.9. The van der Waals surface area contributed by atoms with Crippen molar-refractivity contribution in [1.29, 1.82) is 0 Å². The first kappa shape index (κ1) is 25.4. The molecule has 6 heteroatoms. The lowest BCUT2D eigenvalue weighted by Crippen LogP contribution is -2.48. The molecule has 0 N–H and O–H groups in total. The lowest BCUT2D eigenvalue weighted by molar-refractivity contribution is 0.201. The maximum Gasteiger partial charge on any atom is 0.165 e. The molecule has 0 aliphatic carbocycles. The number of aromatic nitrogens is 3. The SMILES string of the molecule is Cc1ccc(-c2cnn3c(N4CCN(CCOc5cccc6ccccc56)CC4)cc(C(C)(C)C)nc23)cc1. The normalized spacial score (nSPS) is 14.8. The van der Waals surface area contributed by atoms with E-state index in [4.69, 9.17) is 14.8 Å². The van der Waals surface area contributed by atoms with E-state index < -0.39 is 0 Å². The standard InChI is InChI=1S/C33H37N5O/c1-24-12-14-26(15-13-24)28-23-34-38-31(22-30(33(2,3)4)35-32(28)38)37-18-16-36(17-19-37)20-21-39-29-11-7-9-25-8-5-6-10-27(25)29/h5-15,22-23H,16-21H2,1-4H3. The van der Waals surface area contributed by atoms with Crippen molar-refractivity contribution >= 4 is 22.2 Å². The maximum absolute atomic E-state index is 6.22. The molecule has 0 saturated carbocycles. The number of rotatable bonds is 6. The highest BCUT2D eigenvalue weighted by atomic mass is 16.5. The molecular weight excluding hydrogens is 482 g/mol. The summed E-state index contributed by atoms with van der Waals surface area (Å²) in [5, 5.41) is 7.21. The fraction of sp³-hybridized carbons (Fsp3) is 0.333. The van der Waals surface area contributed by atoms with Crippen molar-refractivity contribution in [3.63, 3.8) is 0 Å². The molecule has 0 spiro atoms. The molecular formula is C33H37N5O. The van der Waals surface area contributed by atoms with Crippen LogP contribution >= 0.6 is 0 Å². The van der Waals surface area contributed by atoms with Crippen LogP contribution in [0.1, 0.15) is 32.0 Å². The second kappa shape index (κ2) is 10.3. The highest BCUT2D eigenvalue weighted by molar-refractivity contribution is 5.88. The third-order valence-corrected chi connectivity index (χ3v) is 7.69. The Bertz CT molecular complexity index is 1590. The number of piperazine rings is 1. The van der Waals surface area contributed by atoms with Gasteiger partial charge in [-0.1, -0.05) is 87.0 Å². The van der Waals surface area contributed by atoms with Crippen molar-refractivity contribution < 1.29 is 4.74 Å². The molecule has 200 valence electrons. The molecule has 1 aliphatic rings. The predicted octanol–water partition coefficient (Wildman–Crippen LogP) is 6.36. The van der Waals surface area contributed by atoms with Gasteiger partial charge in [-0.15, -0.1) is 0 Å². The molecule has 0 bridgehead atoms. The summed E-state index contributed by atoms with van der Waals surface area (Å²) in [6.45, 7) is 14.2. The van der Waals surface area contributed by atoms with Crippen LogP contribution in [0.15, 0.2) is 79.0 Å². The molecule has 0 atom stereocenters. The molecule has 0 unspecified atom stereocenters. The van der Waals surface area contributed by atoms with Gasteiger partial charge in [-0.3, -0.25) is 4.90 Å². The number of hydrogen-bond acceptors (Lipinski definition) is 5. The molecule has 1 fully saturated rings. The lowest BCUT2D eigenvalue weighted by Gasteiger charge is -2.36. The minimum atomic E-state index is -0.0634. The largest absolute Gasteiger partial charge is 0.492 e. The van der Waals surface area contributed by atoms with Gasteiger partial charge < -0.3 is 9.64 Å². The quantitative estimate of drug-likeness (QED) is 0.261. The van der Waals surface area contributed by atoms with Gasteiger partial charge in [0.05, 0.1) is 11.9 Å². The number of aryl methyl sites for hydroxylation is 1. The summed E-state index contributed by atoms with van der Waals surface area (Å²) in [4.78, 5) is 10.1. The van der Waals surface area contributed by atoms with E-state index in [0.29, 0.717) is 6.61 Å². The van der Waals surface area contributed by atoms with E-state index in [1.807, 2.05) is 10.7 Å². The maximum atomic E-state index is 6.22. The van der Waals surface area contributed by atoms with Gasteiger partial charge >= 0.3 is 0 Å². The zero-order valence-corrected chi connectivity index (χ0v) is 23.4. The van der Waals surface area contributed by atoms with E-state index in [9.17, 15) is 0 Å². The van der Waals surface area contributed by atoms with Gasteiger partial charge in [-0.25, -0.2) is 4.98 Å². The second-order valence-corrected chi connectivity index (χ2v) is 11.6. The fourth-order valence-electron chi connectivity index (χ4n) is 5.30. The molecule has 1 saturated heterocycles. The highest BCUT2D eigenvalue weighted by Crippen LogP contribution is 2.31. The summed E-state index contributed by atoms with van der Waals surface area (Å²) < 4.78 is 8.25. The van der Waals surface area contributed by atoms with Crippen LogP contribution in [-0.4, -0.2) is 58.8 Å². The summed E-state index contributed by atoms with van der Waals surface area (Å²) >= 11 is 0. The number of anilines is 1. The number of nitrogens with zero attached hydrogens (tertiary/aromatic N) is 5. The molecule has 6 nitrogen and oxygen atoms in total. The summed E-state index contributed by atoms with van der Waals surface area (Å²) in [6.07, 6.45) is 1.96. The molecule has 6 rings (SSSR count). The van der Waals surface area contributed by atoms with Crippen LogP contribution in [0.25, 0.3) is 27.5 Å². The molecule has 2 aromatic heterocycles. The lowest BCUT2D eigenvalue weighted by atomic mass is 9.91. The summed E-state index contributed by atoms with van der Waals surface area (Å²) in [7, 11) is 0. The zero-order chi connectivity index (χ0) is 27.0.